The number of hydrogen-bond acceptors (Lipinski definition) is 4. The maximum absolute atomic E-state index is 13.5. The standard InChI is InChI=1S/C25H22O4S/c1-3-16-29-20-14-10-18(11-15-20)25-23(21-6-4-5-7-22(21)30(25)27)24(26)17-8-12-19(28-2)13-9-17/h4-15H,3,16H2,1-2H3. The Morgan fingerprint density at radius 2 is 1.57 bits per heavy atom. The van der Waals surface area contributed by atoms with Crippen LogP contribution in [0.1, 0.15) is 34.8 Å². The van der Waals surface area contributed by atoms with E-state index in [2.05, 4.69) is 6.92 Å². The fourth-order valence-electron chi connectivity index (χ4n) is 3.45. The Labute approximate surface area is 178 Å². The summed E-state index contributed by atoms with van der Waals surface area (Å²) in [6.07, 6.45) is 0.923. The summed E-state index contributed by atoms with van der Waals surface area (Å²) < 4.78 is 24.2. The Hall–Kier alpha value is -3.18. The van der Waals surface area contributed by atoms with Gasteiger partial charge < -0.3 is 9.47 Å². The van der Waals surface area contributed by atoms with Crippen LogP contribution in [-0.4, -0.2) is 23.7 Å². The molecule has 3 aromatic carbocycles. The maximum atomic E-state index is 13.5. The molecule has 0 spiro atoms. The van der Waals surface area contributed by atoms with Gasteiger partial charge in [0.05, 0.1) is 34.3 Å². The van der Waals surface area contributed by atoms with Crippen LogP contribution in [0.2, 0.25) is 0 Å². The van der Waals surface area contributed by atoms with Gasteiger partial charge in [-0.3, -0.25) is 4.79 Å². The minimum atomic E-state index is -1.44. The van der Waals surface area contributed by atoms with E-state index < -0.39 is 10.8 Å². The van der Waals surface area contributed by atoms with Crippen molar-refractivity contribution >= 4 is 27.1 Å². The highest BCUT2D eigenvalue weighted by Crippen LogP contribution is 2.43. The normalized spacial score (nSPS) is 15.1. The Bertz CT molecular complexity index is 1130. The Balaban J connectivity index is 1.81. The zero-order chi connectivity index (χ0) is 21.1. The van der Waals surface area contributed by atoms with Crippen LogP contribution >= 0.6 is 0 Å². The number of ether oxygens (including phenoxy) is 2. The summed E-state index contributed by atoms with van der Waals surface area (Å²) in [5.41, 5.74) is 2.49. The molecule has 1 aliphatic heterocycles. The summed E-state index contributed by atoms with van der Waals surface area (Å²) in [7, 11) is 0.149. The van der Waals surface area contributed by atoms with E-state index in [9.17, 15) is 9.00 Å². The van der Waals surface area contributed by atoms with E-state index in [0.29, 0.717) is 33.3 Å². The van der Waals surface area contributed by atoms with Crippen molar-refractivity contribution in [2.24, 2.45) is 0 Å². The van der Waals surface area contributed by atoms with Crippen LogP contribution in [-0.2, 0) is 10.8 Å². The molecule has 0 fully saturated rings. The number of carbonyl (C=O) groups is 1. The van der Waals surface area contributed by atoms with Crippen molar-refractivity contribution in [2.75, 3.05) is 13.7 Å². The third-order valence-corrected chi connectivity index (χ3v) is 6.50. The molecule has 0 saturated heterocycles. The molecule has 30 heavy (non-hydrogen) atoms. The highest BCUT2D eigenvalue weighted by molar-refractivity contribution is 7.95. The number of hydrogen-bond donors (Lipinski definition) is 0. The molecular formula is C25H22O4S. The predicted molar refractivity (Wildman–Crippen MR) is 119 cm³/mol. The van der Waals surface area contributed by atoms with E-state index in [0.717, 1.165) is 23.3 Å². The second-order valence-electron chi connectivity index (χ2n) is 6.90. The number of fused-ring (bicyclic) bond motifs is 1. The first kappa shape index (κ1) is 20.1. The zero-order valence-corrected chi connectivity index (χ0v) is 17.7. The first-order valence-corrected chi connectivity index (χ1v) is 11.0. The fourth-order valence-corrected chi connectivity index (χ4v) is 4.98. The molecule has 0 bridgehead atoms. The van der Waals surface area contributed by atoms with E-state index >= 15 is 0 Å². The van der Waals surface area contributed by atoms with Gasteiger partial charge in [-0.25, -0.2) is 4.21 Å². The Morgan fingerprint density at radius 3 is 2.23 bits per heavy atom. The van der Waals surface area contributed by atoms with Crippen molar-refractivity contribution in [1.82, 2.24) is 0 Å². The monoisotopic (exact) mass is 418 g/mol. The summed E-state index contributed by atoms with van der Waals surface area (Å²) >= 11 is 0. The second kappa shape index (κ2) is 8.67. The average molecular weight is 419 g/mol. The molecule has 1 unspecified atom stereocenters. The molecule has 0 amide bonds. The summed E-state index contributed by atoms with van der Waals surface area (Å²) in [5, 5.41) is 0. The first-order chi connectivity index (χ1) is 14.6. The second-order valence-corrected chi connectivity index (χ2v) is 8.29. The van der Waals surface area contributed by atoms with Crippen molar-refractivity contribution in [2.45, 2.75) is 18.2 Å². The number of benzene rings is 3. The van der Waals surface area contributed by atoms with Gasteiger partial charge in [-0.05, 0) is 54.4 Å². The van der Waals surface area contributed by atoms with Crippen LogP contribution in [0.3, 0.4) is 0 Å². The number of allylic oxidation sites excluding steroid dienone is 1. The van der Waals surface area contributed by atoms with Crippen LogP contribution in [0.4, 0.5) is 0 Å². The van der Waals surface area contributed by atoms with Gasteiger partial charge in [0.2, 0.25) is 0 Å². The molecule has 0 aromatic heterocycles. The fraction of sp³-hybridized carbons (Fsp3) is 0.160. The molecule has 3 aromatic rings. The highest BCUT2D eigenvalue weighted by atomic mass is 32.2. The van der Waals surface area contributed by atoms with Crippen molar-refractivity contribution in [3.8, 4) is 11.5 Å². The maximum Gasteiger partial charge on any atom is 0.194 e. The van der Waals surface area contributed by atoms with Gasteiger partial charge in [-0.1, -0.05) is 37.3 Å². The van der Waals surface area contributed by atoms with Crippen LogP contribution in [0.15, 0.2) is 77.7 Å². The molecule has 1 aliphatic rings. The summed E-state index contributed by atoms with van der Waals surface area (Å²) in [4.78, 5) is 14.7. The van der Waals surface area contributed by atoms with Crippen LogP contribution in [0.5, 0.6) is 11.5 Å². The highest BCUT2D eigenvalue weighted by Gasteiger charge is 2.33. The number of ketones is 1. The Morgan fingerprint density at radius 1 is 0.900 bits per heavy atom. The van der Waals surface area contributed by atoms with Gasteiger partial charge in [0.1, 0.15) is 11.5 Å². The molecule has 152 valence electrons. The minimum absolute atomic E-state index is 0.155. The molecule has 0 saturated carbocycles. The molecular weight excluding hydrogens is 396 g/mol. The number of carbonyl (C=O) groups excluding carboxylic acids is 1. The molecule has 1 atom stereocenters. The molecule has 4 nitrogen and oxygen atoms in total. The SMILES string of the molecule is CCCOc1ccc(C2=C(C(=O)c3ccc(OC)cc3)c3ccccc3S2=O)cc1. The molecule has 0 N–H and O–H groups in total. The number of methoxy groups -OCH3 is 1. The third kappa shape index (κ3) is 3.68. The Kier molecular flexibility index (Phi) is 5.81. The van der Waals surface area contributed by atoms with Gasteiger partial charge in [0.15, 0.2) is 5.78 Å². The zero-order valence-electron chi connectivity index (χ0n) is 16.9. The van der Waals surface area contributed by atoms with E-state index in [-0.39, 0.29) is 5.78 Å². The summed E-state index contributed by atoms with van der Waals surface area (Å²) in [6, 6.07) is 21.8. The quantitative estimate of drug-likeness (QED) is 0.485. The predicted octanol–water partition coefficient (Wildman–Crippen LogP) is 5.36. The van der Waals surface area contributed by atoms with Crippen molar-refractivity contribution < 1.29 is 18.5 Å². The van der Waals surface area contributed by atoms with Crippen molar-refractivity contribution in [1.29, 1.82) is 0 Å². The third-order valence-electron chi connectivity index (χ3n) is 4.94. The van der Waals surface area contributed by atoms with Gasteiger partial charge in [-0.2, -0.15) is 0 Å². The van der Waals surface area contributed by atoms with Gasteiger partial charge >= 0.3 is 0 Å². The lowest BCUT2D eigenvalue weighted by molar-refractivity contribution is 0.105. The molecule has 0 aliphatic carbocycles. The molecule has 1 heterocycles. The first-order valence-electron chi connectivity index (χ1n) is 9.81. The molecule has 4 rings (SSSR count). The topological polar surface area (TPSA) is 52.6 Å². The van der Waals surface area contributed by atoms with Crippen LogP contribution < -0.4 is 9.47 Å². The lowest BCUT2D eigenvalue weighted by atomic mass is 9.94. The summed E-state index contributed by atoms with van der Waals surface area (Å²) in [5.74, 6) is 1.28. The van der Waals surface area contributed by atoms with Gasteiger partial charge in [0.25, 0.3) is 0 Å². The molecule has 0 radical (unpaired) electrons. The smallest absolute Gasteiger partial charge is 0.194 e. The number of Topliss-reactive ketones (excluding diaryl/α,β-unsaturated/α-hetero) is 1. The van der Waals surface area contributed by atoms with E-state index in [1.165, 1.54) is 0 Å². The van der Waals surface area contributed by atoms with E-state index in [4.69, 9.17) is 9.47 Å². The average Bonchev–Trinajstić information content (AvgIpc) is 3.10. The number of rotatable bonds is 7. The lowest BCUT2D eigenvalue weighted by Crippen LogP contribution is -2.04. The van der Waals surface area contributed by atoms with E-state index in [1.807, 2.05) is 48.5 Å². The molecule has 5 heteroatoms. The van der Waals surface area contributed by atoms with Crippen LogP contribution in [0.25, 0.3) is 10.5 Å². The minimum Gasteiger partial charge on any atom is -0.497 e. The van der Waals surface area contributed by atoms with Crippen molar-refractivity contribution in [3.05, 3.63) is 89.5 Å². The summed E-state index contributed by atoms with van der Waals surface area (Å²) in [6.45, 7) is 2.69. The van der Waals surface area contributed by atoms with Crippen LogP contribution in [0, 0.1) is 0 Å². The largest absolute Gasteiger partial charge is 0.497 e. The lowest BCUT2D eigenvalue weighted by Gasteiger charge is -2.09. The van der Waals surface area contributed by atoms with E-state index in [1.54, 1.807) is 31.4 Å². The van der Waals surface area contributed by atoms with Gasteiger partial charge in [-0.15, -0.1) is 0 Å². The van der Waals surface area contributed by atoms with Gasteiger partial charge in [0, 0.05) is 16.7 Å². The van der Waals surface area contributed by atoms with Crippen molar-refractivity contribution in [3.63, 3.8) is 0 Å².